The molecule has 130 valence electrons. The normalized spacial score (nSPS) is 11.6. The predicted molar refractivity (Wildman–Crippen MR) is 97.0 cm³/mol. The number of nitrogens with one attached hydrogen (secondary N) is 1. The third-order valence-corrected chi connectivity index (χ3v) is 5.92. The lowest BCUT2D eigenvalue weighted by Gasteiger charge is -2.04. The maximum atomic E-state index is 11.8. The average molecular weight is 376 g/mol. The monoisotopic (exact) mass is 376 g/mol. The zero-order chi connectivity index (χ0) is 18.2. The Morgan fingerprint density at radius 3 is 2.40 bits per heavy atom. The Labute approximate surface area is 149 Å². The highest BCUT2D eigenvalue weighted by Crippen LogP contribution is 2.37. The van der Waals surface area contributed by atoms with E-state index < -0.39 is 15.7 Å². The van der Waals surface area contributed by atoms with Gasteiger partial charge < -0.3 is 15.5 Å². The minimum absolute atomic E-state index is 0.179. The Balaban J connectivity index is 2.11. The first-order valence-electron chi connectivity index (χ1n) is 7.27. The first-order valence-corrected chi connectivity index (χ1v) is 9.98. The summed E-state index contributed by atoms with van der Waals surface area (Å²) in [4.78, 5) is 16.5. The Hall–Kier alpha value is -2.45. The number of nitrogens with two attached hydrogens (primary N) is 1. The van der Waals surface area contributed by atoms with Crippen LogP contribution in [-0.2, 0) is 9.84 Å². The van der Waals surface area contributed by atoms with E-state index in [9.17, 15) is 13.2 Å². The summed E-state index contributed by atoms with van der Waals surface area (Å²) >= 11 is 1.37. The van der Waals surface area contributed by atoms with Crippen LogP contribution in [-0.4, -0.2) is 32.7 Å². The molecular weight excluding hydrogens is 360 g/mol. The van der Waals surface area contributed by atoms with Gasteiger partial charge in [-0.25, -0.2) is 8.42 Å². The molecule has 0 aliphatic heterocycles. The van der Waals surface area contributed by atoms with E-state index in [4.69, 9.17) is 10.5 Å². The number of aromatic amines is 1. The van der Waals surface area contributed by atoms with Crippen LogP contribution in [0.4, 0.5) is 0 Å². The zero-order valence-electron chi connectivity index (χ0n) is 13.6. The molecule has 0 spiro atoms. The van der Waals surface area contributed by atoms with Crippen molar-refractivity contribution < 1.29 is 17.9 Å². The molecule has 0 unspecified atom stereocenters. The third kappa shape index (κ3) is 3.49. The van der Waals surface area contributed by atoms with E-state index >= 15 is 0 Å². The molecule has 0 saturated heterocycles. The van der Waals surface area contributed by atoms with Gasteiger partial charge in [-0.15, -0.1) is 0 Å². The van der Waals surface area contributed by atoms with Gasteiger partial charge in [0.05, 0.1) is 16.9 Å². The van der Waals surface area contributed by atoms with Gasteiger partial charge in [0.2, 0.25) is 0 Å². The highest BCUT2D eigenvalue weighted by molar-refractivity contribution is 7.99. The summed E-state index contributed by atoms with van der Waals surface area (Å²) in [6, 6.07) is 12.1. The lowest BCUT2D eigenvalue weighted by Crippen LogP contribution is -2.12. The standard InChI is InChI=1S/C17H16N2O4S2/c1-23-10-3-5-11(6-4-10)24-16-13-8-7-12(25(2,21)22)9-14(13)19-15(16)17(18)20/h3-9,19H,1-2H3,(H2,18,20). The topological polar surface area (TPSA) is 102 Å². The number of methoxy groups -OCH3 is 1. The molecule has 3 aromatic rings. The lowest BCUT2D eigenvalue weighted by atomic mass is 10.2. The number of fused-ring (bicyclic) bond motifs is 1. The molecule has 0 saturated carbocycles. The van der Waals surface area contributed by atoms with Crippen LogP contribution < -0.4 is 10.5 Å². The Morgan fingerprint density at radius 1 is 1.16 bits per heavy atom. The summed E-state index contributed by atoms with van der Waals surface area (Å²) in [5, 5.41) is 0.738. The second kappa shape index (κ2) is 6.45. The van der Waals surface area contributed by atoms with Gasteiger partial charge in [0.15, 0.2) is 9.84 Å². The number of ether oxygens (including phenoxy) is 1. The molecule has 0 aliphatic rings. The quantitative estimate of drug-likeness (QED) is 0.713. The van der Waals surface area contributed by atoms with Crippen molar-refractivity contribution >= 4 is 38.4 Å². The van der Waals surface area contributed by atoms with E-state index in [0.717, 1.165) is 22.3 Å². The molecule has 3 rings (SSSR count). The van der Waals surface area contributed by atoms with Crippen LogP contribution in [0.2, 0.25) is 0 Å². The van der Waals surface area contributed by atoms with Gasteiger partial charge in [-0.05, 0) is 36.4 Å². The molecule has 8 heteroatoms. The Morgan fingerprint density at radius 2 is 1.84 bits per heavy atom. The average Bonchev–Trinajstić information content (AvgIpc) is 2.93. The van der Waals surface area contributed by atoms with Crippen LogP contribution in [0, 0.1) is 0 Å². The van der Waals surface area contributed by atoms with Crippen molar-refractivity contribution in [1.82, 2.24) is 4.98 Å². The van der Waals surface area contributed by atoms with Gasteiger partial charge in [0.1, 0.15) is 11.4 Å². The molecule has 1 amide bonds. The van der Waals surface area contributed by atoms with E-state index in [1.54, 1.807) is 13.2 Å². The van der Waals surface area contributed by atoms with E-state index in [-0.39, 0.29) is 10.6 Å². The SMILES string of the molecule is COc1ccc(Sc2c(C(N)=O)[nH]c3cc(S(C)(=O)=O)ccc23)cc1. The second-order valence-corrected chi connectivity index (χ2v) is 8.55. The maximum absolute atomic E-state index is 11.8. The van der Waals surface area contributed by atoms with Crippen LogP contribution in [0.5, 0.6) is 5.75 Å². The molecule has 2 aromatic carbocycles. The fraction of sp³-hybridized carbons (Fsp3) is 0.118. The summed E-state index contributed by atoms with van der Waals surface area (Å²) < 4.78 is 28.6. The Bertz CT molecular complexity index is 1050. The van der Waals surface area contributed by atoms with Gasteiger partial charge in [-0.1, -0.05) is 17.8 Å². The van der Waals surface area contributed by atoms with Crippen LogP contribution in [0.15, 0.2) is 57.2 Å². The fourth-order valence-electron chi connectivity index (χ4n) is 2.42. The predicted octanol–water partition coefficient (Wildman–Crippen LogP) is 2.83. The molecular formula is C17H16N2O4S2. The smallest absolute Gasteiger partial charge is 0.266 e. The van der Waals surface area contributed by atoms with Crippen molar-refractivity contribution in [3.05, 3.63) is 48.2 Å². The first kappa shape index (κ1) is 17.4. The lowest BCUT2D eigenvalue weighted by molar-refractivity contribution is 0.0993. The minimum atomic E-state index is -3.34. The van der Waals surface area contributed by atoms with Gasteiger partial charge in [0.25, 0.3) is 5.91 Å². The zero-order valence-corrected chi connectivity index (χ0v) is 15.2. The molecule has 0 atom stereocenters. The molecule has 0 aliphatic carbocycles. The number of H-pyrrole nitrogens is 1. The van der Waals surface area contributed by atoms with Crippen LogP contribution in [0.1, 0.15) is 10.5 Å². The van der Waals surface area contributed by atoms with E-state index in [0.29, 0.717) is 10.4 Å². The highest BCUT2D eigenvalue weighted by atomic mass is 32.2. The van der Waals surface area contributed by atoms with Gasteiger partial charge >= 0.3 is 0 Å². The number of sulfone groups is 1. The number of hydrogen-bond acceptors (Lipinski definition) is 5. The number of hydrogen-bond donors (Lipinski definition) is 2. The highest BCUT2D eigenvalue weighted by Gasteiger charge is 2.18. The number of aromatic nitrogens is 1. The van der Waals surface area contributed by atoms with E-state index in [1.165, 1.54) is 23.9 Å². The van der Waals surface area contributed by atoms with Crippen molar-refractivity contribution in [1.29, 1.82) is 0 Å². The molecule has 0 radical (unpaired) electrons. The van der Waals surface area contributed by atoms with Crippen molar-refractivity contribution in [3.63, 3.8) is 0 Å². The number of rotatable bonds is 5. The largest absolute Gasteiger partial charge is 0.497 e. The molecule has 25 heavy (non-hydrogen) atoms. The maximum Gasteiger partial charge on any atom is 0.266 e. The fourth-order valence-corrected chi connectivity index (χ4v) is 4.12. The van der Waals surface area contributed by atoms with Gasteiger partial charge in [-0.2, -0.15) is 0 Å². The van der Waals surface area contributed by atoms with Gasteiger partial charge in [0, 0.05) is 22.1 Å². The number of amides is 1. The number of benzene rings is 2. The Kier molecular flexibility index (Phi) is 4.49. The van der Waals surface area contributed by atoms with Crippen LogP contribution in [0.3, 0.4) is 0 Å². The van der Waals surface area contributed by atoms with Gasteiger partial charge in [-0.3, -0.25) is 4.79 Å². The third-order valence-electron chi connectivity index (χ3n) is 3.68. The summed E-state index contributed by atoms with van der Waals surface area (Å²) in [6.45, 7) is 0. The minimum Gasteiger partial charge on any atom is -0.497 e. The van der Waals surface area contributed by atoms with E-state index in [1.807, 2.05) is 24.3 Å². The second-order valence-electron chi connectivity index (χ2n) is 5.45. The summed E-state index contributed by atoms with van der Waals surface area (Å²) in [5.74, 6) is 0.129. The summed E-state index contributed by atoms with van der Waals surface area (Å²) in [7, 11) is -1.75. The van der Waals surface area contributed by atoms with E-state index in [2.05, 4.69) is 4.98 Å². The molecule has 1 aromatic heterocycles. The van der Waals surface area contributed by atoms with Crippen molar-refractivity contribution in [2.45, 2.75) is 14.7 Å². The first-order chi connectivity index (χ1) is 11.8. The van der Waals surface area contributed by atoms with Crippen molar-refractivity contribution in [2.75, 3.05) is 13.4 Å². The molecule has 0 bridgehead atoms. The van der Waals surface area contributed by atoms with Crippen molar-refractivity contribution in [2.24, 2.45) is 5.73 Å². The molecule has 0 fully saturated rings. The molecule has 6 nitrogen and oxygen atoms in total. The van der Waals surface area contributed by atoms with Crippen molar-refractivity contribution in [3.8, 4) is 5.75 Å². The number of carbonyl (C=O) groups excluding carboxylic acids is 1. The van der Waals surface area contributed by atoms with Crippen LogP contribution >= 0.6 is 11.8 Å². The number of carbonyl (C=O) groups is 1. The molecule has 1 heterocycles. The summed E-state index contributed by atoms with van der Waals surface area (Å²) in [5.41, 5.74) is 6.28. The van der Waals surface area contributed by atoms with Crippen LogP contribution in [0.25, 0.3) is 10.9 Å². The number of primary amides is 1. The molecule has 3 N–H and O–H groups in total. The summed E-state index contributed by atoms with van der Waals surface area (Å²) in [6.07, 6.45) is 1.14.